The number of anilines is 2. The molecule has 0 saturated carbocycles. The molecule has 8 heteroatoms. The van der Waals surface area contributed by atoms with E-state index in [4.69, 9.17) is 5.73 Å². The third-order valence-corrected chi connectivity index (χ3v) is 4.05. The van der Waals surface area contributed by atoms with Gasteiger partial charge in [0.15, 0.2) is 5.65 Å². The first kappa shape index (κ1) is 15.4. The Kier molecular flexibility index (Phi) is 4.24. The molecule has 1 fully saturated rings. The second-order valence-electron chi connectivity index (χ2n) is 5.74. The van der Waals surface area contributed by atoms with Crippen LogP contribution >= 0.6 is 0 Å². The van der Waals surface area contributed by atoms with E-state index >= 15 is 0 Å². The number of likely N-dealkylation sites (tertiary alicyclic amines) is 1. The number of ether oxygens (including phenoxy) is 1. The van der Waals surface area contributed by atoms with Crippen molar-refractivity contribution < 1.29 is 9.53 Å². The van der Waals surface area contributed by atoms with E-state index < -0.39 is 5.97 Å². The Hall–Kier alpha value is -2.48. The van der Waals surface area contributed by atoms with E-state index in [1.54, 1.807) is 6.07 Å². The number of hydrogen-bond acceptors (Lipinski definition) is 8. The predicted molar refractivity (Wildman–Crippen MR) is 87.2 cm³/mol. The smallest absolute Gasteiger partial charge is 0.339 e. The minimum absolute atomic E-state index is 0.295. The lowest BCUT2D eigenvalue weighted by molar-refractivity contribution is 0.0600. The number of rotatable bonds is 3. The van der Waals surface area contributed by atoms with Gasteiger partial charge in [-0.15, -0.1) is 0 Å². The average molecular weight is 316 g/mol. The quantitative estimate of drug-likeness (QED) is 0.804. The number of esters is 1. The number of aromatic nitrogens is 3. The van der Waals surface area contributed by atoms with E-state index in [0.29, 0.717) is 34.4 Å². The van der Waals surface area contributed by atoms with Crippen LogP contribution < -0.4 is 11.1 Å². The van der Waals surface area contributed by atoms with Crippen LogP contribution in [0.2, 0.25) is 0 Å². The number of hydrogen-bond donors (Lipinski definition) is 2. The molecule has 1 aliphatic rings. The number of nitrogens with two attached hydrogens (primary N) is 1. The monoisotopic (exact) mass is 316 g/mol. The maximum atomic E-state index is 11.6. The summed E-state index contributed by atoms with van der Waals surface area (Å²) >= 11 is 0. The summed E-state index contributed by atoms with van der Waals surface area (Å²) in [6.45, 7) is 2.09. The molecule has 1 aliphatic heterocycles. The Balaban J connectivity index is 1.85. The number of methoxy groups -OCH3 is 1. The summed E-state index contributed by atoms with van der Waals surface area (Å²) in [5.41, 5.74) is 6.79. The molecule has 1 saturated heterocycles. The first-order valence-corrected chi connectivity index (χ1v) is 7.53. The topological polar surface area (TPSA) is 106 Å². The molecule has 0 spiro atoms. The minimum atomic E-state index is -0.465. The summed E-state index contributed by atoms with van der Waals surface area (Å²) in [5, 5.41) is 3.87. The van der Waals surface area contributed by atoms with Crippen molar-refractivity contribution in [2.75, 3.05) is 38.3 Å². The Labute approximate surface area is 134 Å². The third-order valence-electron chi connectivity index (χ3n) is 4.05. The van der Waals surface area contributed by atoms with Gasteiger partial charge in [0.05, 0.1) is 18.1 Å². The molecule has 3 heterocycles. The van der Waals surface area contributed by atoms with Crippen LogP contribution in [0.15, 0.2) is 12.3 Å². The van der Waals surface area contributed by atoms with Gasteiger partial charge in [0.1, 0.15) is 5.82 Å². The van der Waals surface area contributed by atoms with Crippen LogP contribution in [0.5, 0.6) is 0 Å². The summed E-state index contributed by atoms with van der Waals surface area (Å²) in [6.07, 6.45) is 3.50. The second-order valence-corrected chi connectivity index (χ2v) is 5.74. The highest BCUT2D eigenvalue weighted by atomic mass is 16.5. The molecule has 122 valence electrons. The fourth-order valence-electron chi connectivity index (χ4n) is 2.66. The highest BCUT2D eigenvalue weighted by Crippen LogP contribution is 2.21. The van der Waals surface area contributed by atoms with Crippen LogP contribution in [0, 0.1) is 0 Å². The fraction of sp³-hybridized carbons (Fsp3) is 0.467. The SMILES string of the molecule is COC(=O)c1cnc2nc(NC3CCN(C)CC3)nc(N)c2c1. The van der Waals surface area contributed by atoms with Crippen molar-refractivity contribution in [3.05, 3.63) is 17.8 Å². The lowest BCUT2D eigenvalue weighted by atomic mass is 10.1. The predicted octanol–water partition coefficient (Wildman–Crippen LogP) is 0.900. The zero-order valence-electron chi connectivity index (χ0n) is 13.2. The molecule has 2 aromatic rings. The molecule has 0 aromatic carbocycles. The van der Waals surface area contributed by atoms with Crippen LogP contribution in [0.4, 0.5) is 11.8 Å². The highest BCUT2D eigenvalue weighted by Gasteiger charge is 2.18. The largest absolute Gasteiger partial charge is 0.465 e. The van der Waals surface area contributed by atoms with Crippen molar-refractivity contribution >= 4 is 28.8 Å². The van der Waals surface area contributed by atoms with Gasteiger partial charge in [0.2, 0.25) is 5.95 Å². The van der Waals surface area contributed by atoms with Crippen LogP contribution in [0.3, 0.4) is 0 Å². The zero-order valence-corrected chi connectivity index (χ0v) is 13.2. The van der Waals surface area contributed by atoms with Gasteiger partial charge in [-0.1, -0.05) is 0 Å². The zero-order chi connectivity index (χ0) is 16.4. The van der Waals surface area contributed by atoms with Gasteiger partial charge >= 0.3 is 5.97 Å². The number of carbonyl (C=O) groups excluding carboxylic acids is 1. The average Bonchev–Trinajstić information content (AvgIpc) is 2.56. The van der Waals surface area contributed by atoms with E-state index in [9.17, 15) is 4.79 Å². The number of nitrogen functional groups attached to an aromatic ring is 1. The maximum absolute atomic E-state index is 11.6. The molecular weight excluding hydrogens is 296 g/mol. The molecule has 0 atom stereocenters. The van der Waals surface area contributed by atoms with Crippen LogP contribution in [0.25, 0.3) is 11.0 Å². The van der Waals surface area contributed by atoms with Crippen molar-refractivity contribution in [3.8, 4) is 0 Å². The molecule has 23 heavy (non-hydrogen) atoms. The molecule has 3 rings (SSSR count). The van der Waals surface area contributed by atoms with Gasteiger partial charge in [0, 0.05) is 12.2 Å². The van der Waals surface area contributed by atoms with E-state index in [-0.39, 0.29) is 0 Å². The lowest BCUT2D eigenvalue weighted by Gasteiger charge is -2.29. The minimum Gasteiger partial charge on any atom is -0.465 e. The summed E-state index contributed by atoms with van der Waals surface area (Å²) < 4.78 is 4.68. The number of fused-ring (bicyclic) bond motifs is 1. The number of carbonyl (C=O) groups is 1. The summed E-state index contributed by atoms with van der Waals surface area (Å²) in [5.74, 6) is 0.305. The normalized spacial score (nSPS) is 16.4. The van der Waals surface area contributed by atoms with Crippen LogP contribution in [-0.4, -0.2) is 59.1 Å². The Morgan fingerprint density at radius 2 is 2.13 bits per heavy atom. The standard InChI is InChI=1S/C15H20N6O2/c1-21-5-3-10(4-6-21)18-15-19-12(16)11-7-9(14(22)23-2)8-17-13(11)20-15/h7-8,10H,3-6H2,1-2H3,(H3,16,17,18,19,20). The van der Waals surface area contributed by atoms with Crippen molar-refractivity contribution in [2.45, 2.75) is 18.9 Å². The molecule has 0 amide bonds. The second kappa shape index (κ2) is 6.33. The fourth-order valence-corrected chi connectivity index (χ4v) is 2.66. The number of pyridine rings is 1. The summed E-state index contributed by atoms with van der Waals surface area (Å²) in [4.78, 5) is 26.7. The number of nitrogens with one attached hydrogen (secondary N) is 1. The van der Waals surface area contributed by atoms with E-state index in [0.717, 1.165) is 25.9 Å². The van der Waals surface area contributed by atoms with Crippen molar-refractivity contribution in [3.63, 3.8) is 0 Å². The molecule has 3 N–H and O–H groups in total. The first-order chi connectivity index (χ1) is 11.1. The number of piperidine rings is 1. The summed E-state index contributed by atoms with van der Waals surface area (Å²) in [6, 6.07) is 1.93. The lowest BCUT2D eigenvalue weighted by Crippen LogP contribution is -2.37. The van der Waals surface area contributed by atoms with Crippen LogP contribution in [-0.2, 0) is 4.74 Å². The molecule has 0 unspecified atom stereocenters. The molecule has 8 nitrogen and oxygen atoms in total. The summed E-state index contributed by atoms with van der Waals surface area (Å²) in [7, 11) is 3.44. The van der Waals surface area contributed by atoms with Crippen molar-refractivity contribution in [2.24, 2.45) is 0 Å². The van der Waals surface area contributed by atoms with Gasteiger partial charge < -0.3 is 20.7 Å². The van der Waals surface area contributed by atoms with E-state index in [2.05, 4.69) is 37.0 Å². The van der Waals surface area contributed by atoms with Gasteiger partial charge in [-0.2, -0.15) is 9.97 Å². The van der Waals surface area contributed by atoms with Gasteiger partial charge in [-0.25, -0.2) is 9.78 Å². The van der Waals surface area contributed by atoms with E-state index in [1.807, 2.05) is 0 Å². The Bertz CT molecular complexity index is 727. The van der Waals surface area contributed by atoms with E-state index in [1.165, 1.54) is 13.3 Å². The highest BCUT2D eigenvalue weighted by molar-refractivity contribution is 5.95. The molecule has 0 aliphatic carbocycles. The van der Waals surface area contributed by atoms with Crippen molar-refractivity contribution in [1.82, 2.24) is 19.9 Å². The van der Waals surface area contributed by atoms with Gasteiger partial charge in [-0.3, -0.25) is 0 Å². The van der Waals surface area contributed by atoms with Crippen LogP contribution in [0.1, 0.15) is 23.2 Å². The van der Waals surface area contributed by atoms with Gasteiger partial charge in [-0.05, 0) is 39.0 Å². The maximum Gasteiger partial charge on any atom is 0.339 e. The van der Waals surface area contributed by atoms with Crippen molar-refractivity contribution in [1.29, 1.82) is 0 Å². The Morgan fingerprint density at radius 1 is 1.39 bits per heavy atom. The van der Waals surface area contributed by atoms with Gasteiger partial charge in [0.25, 0.3) is 0 Å². The molecular formula is C15H20N6O2. The first-order valence-electron chi connectivity index (χ1n) is 7.53. The molecule has 0 radical (unpaired) electrons. The molecule has 0 bridgehead atoms. The Morgan fingerprint density at radius 3 is 2.83 bits per heavy atom. The molecule has 2 aromatic heterocycles. The number of nitrogens with zero attached hydrogens (tertiary/aromatic N) is 4. The third kappa shape index (κ3) is 3.31.